The molecule has 0 radical (unpaired) electrons. The van der Waals surface area contributed by atoms with Crippen molar-refractivity contribution in [2.45, 2.75) is 25.3 Å². The minimum Gasteiger partial charge on any atom is -0.258 e. The first kappa shape index (κ1) is 12.3. The van der Waals surface area contributed by atoms with Crippen molar-refractivity contribution in [3.63, 3.8) is 0 Å². The van der Waals surface area contributed by atoms with E-state index in [0.717, 1.165) is 17.4 Å². The van der Waals surface area contributed by atoms with Gasteiger partial charge in [-0.2, -0.15) is 0 Å². The number of rotatable bonds is 2. The SMILES string of the molecule is CNN1CCCC[C@@H]1c1cnc(Cl)c(Br)c1. The van der Waals surface area contributed by atoms with Gasteiger partial charge in [-0.1, -0.05) is 18.0 Å². The molecule has 0 spiro atoms. The summed E-state index contributed by atoms with van der Waals surface area (Å²) in [6, 6.07) is 2.47. The molecule has 16 heavy (non-hydrogen) atoms. The van der Waals surface area contributed by atoms with Crippen LogP contribution in [-0.4, -0.2) is 23.6 Å². The first-order valence-electron chi connectivity index (χ1n) is 5.47. The second-order valence-electron chi connectivity index (χ2n) is 3.97. The molecule has 0 amide bonds. The Balaban J connectivity index is 2.23. The zero-order valence-corrected chi connectivity index (χ0v) is 11.6. The third-order valence-electron chi connectivity index (χ3n) is 2.99. The van der Waals surface area contributed by atoms with Gasteiger partial charge in [0.25, 0.3) is 0 Å². The minimum atomic E-state index is 0.403. The van der Waals surface area contributed by atoms with Crippen molar-refractivity contribution < 1.29 is 0 Å². The number of piperidine rings is 1. The smallest absolute Gasteiger partial charge is 0.143 e. The first-order valence-corrected chi connectivity index (χ1v) is 6.64. The maximum absolute atomic E-state index is 5.90. The van der Waals surface area contributed by atoms with Crippen LogP contribution >= 0.6 is 27.5 Å². The Kier molecular flexibility index (Phi) is 4.19. The highest BCUT2D eigenvalue weighted by atomic mass is 79.9. The summed E-state index contributed by atoms with van der Waals surface area (Å²) in [4.78, 5) is 4.19. The maximum Gasteiger partial charge on any atom is 0.143 e. The predicted octanol–water partition coefficient (Wildman–Crippen LogP) is 3.16. The van der Waals surface area contributed by atoms with Gasteiger partial charge in [0, 0.05) is 12.7 Å². The van der Waals surface area contributed by atoms with Gasteiger partial charge in [-0.05, 0) is 47.4 Å². The summed E-state index contributed by atoms with van der Waals surface area (Å²) in [7, 11) is 1.97. The molecule has 0 saturated carbocycles. The van der Waals surface area contributed by atoms with Crippen LogP contribution in [0.3, 0.4) is 0 Å². The van der Waals surface area contributed by atoms with Crippen LogP contribution in [0.1, 0.15) is 30.9 Å². The summed E-state index contributed by atoms with van der Waals surface area (Å²) in [6.45, 7) is 1.08. The molecule has 1 aromatic heterocycles. The van der Waals surface area contributed by atoms with Crippen LogP contribution in [0, 0.1) is 0 Å². The number of hydrogen-bond donors (Lipinski definition) is 1. The average Bonchev–Trinajstić information content (AvgIpc) is 2.32. The van der Waals surface area contributed by atoms with E-state index >= 15 is 0 Å². The van der Waals surface area contributed by atoms with Gasteiger partial charge in [-0.3, -0.25) is 5.43 Å². The Morgan fingerprint density at radius 1 is 1.56 bits per heavy atom. The molecule has 0 unspecified atom stereocenters. The Morgan fingerprint density at radius 2 is 2.38 bits per heavy atom. The third-order valence-corrected chi connectivity index (χ3v) is 4.13. The molecule has 5 heteroatoms. The number of nitrogens with one attached hydrogen (secondary N) is 1. The summed E-state index contributed by atoms with van der Waals surface area (Å²) in [5, 5.41) is 2.79. The largest absolute Gasteiger partial charge is 0.258 e. The summed E-state index contributed by atoms with van der Waals surface area (Å²) in [5.41, 5.74) is 4.46. The highest BCUT2D eigenvalue weighted by molar-refractivity contribution is 9.10. The van der Waals surface area contributed by atoms with Crippen LogP contribution < -0.4 is 5.43 Å². The first-order chi connectivity index (χ1) is 7.72. The standard InChI is InChI=1S/C11H15BrClN3/c1-14-16-5-3-2-4-10(16)8-6-9(12)11(13)15-7-8/h6-7,10,14H,2-5H2,1H3/t10-/m1/s1. The number of halogens is 2. The van der Waals surface area contributed by atoms with Gasteiger partial charge >= 0.3 is 0 Å². The van der Waals surface area contributed by atoms with Crippen LogP contribution in [-0.2, 0) is 0 Å². The Hall–Kier alpha value is -0.160. The minimum absolute atomic E-state index is 0.403. The van der Waals surface area contributed by atoms with Gasteiger partial charge in [0.15, 0.2) is 0 Å². The van der Waals surface area contributed by atoms with Gasteiger partial charge in [0.2, 0.25) is 0 Å². The van der Waals surface area contributed by atoms with E-state index in [1.165, 1.54) is 18.4 Å². The van der Waals surface area contributed by atoms with Gasteiger partial charge in [0.1, 0.15) is 5.15 Å². The predicted molar refractivity (Wildman–Crippen MR) is 69.3 cm³/mol. The Bertz CT molecular complexity index is 372. The van der Waals surface area contributed by atoms with Crippen molar-refractivity contribution in [2.75, 3.05) is 13.6 Å². The molecule has 1 aliphatic rings. The molecular weight excluding hydrogens is 289 g/mol. The molecule has 0 bridgehead atoms. The van der Waals surface area contributed by atoms with Crippen LogP contribution in [0.2, 0.25) is 5.15 Å². The number of pyridine rings is 1. The lowest BCUT2D eigenvalue weighted by molar-refractivity contribution is 0.0982. The highest BCUT2D eigenvalue weighted by Crippen LogP contribution is 2.31. The van der Waals surface area contributed by atoms with Crippen molar-refractivity contribution in [1.82, 2.24) is 15.4 Å². The van der Waals surface area contributed by atoms with Crippen LogP contribution in [0.15, 0.2) is 16.7 Å². The fourth-order valence-corrected chi connectivity index (χ4v) is 2.63. The zero-order chi connectivity index (χ0) is 11.5. The molecule has 0 aromatic carbocycles. The fourth-order valence-electron chi connectivity index (χ4n) is 2.16. The van der Waals surface area contributed by atoms with Gasteiger partial charge in [-0.25, -0.2) is 9.99 Å². The molecule has 1 atom stereocenters. The van der Waals surface area contributed by atoms with Crippen molar-refractivity contribution in [1.29, 1.82) is 0 Å². The molecule has 2 rings (SSSR count). The zero-order valence-electron chi connectivity index (χ0n) is 9.21. The Morgan fingerprint density at radius 3 is 3.06 bits per heavy atom. The van der Waals surface area contributed by atoms with Crippen molar-refractivity contribution in [2.24, 2.45) is 0 Å². The fraction of sp³-hybridized carbons (Fsp3) is 0.545. The number of aromatic nitrogens is 1. The lowest BCUT2D eigenvalue weighted by Crippen LogP contribution is -2.41. The molecule has 0 aliphatic carbocycles. The maximum atomic E-state index is 5.90. The van der Waals surface area contributed by atoms with Crippen LogP contribution in [0.4, 0.5) is 0 Å². The van der Waals surface area contributed by atoms with E-state index in [4.69, 9.17) is 11.6 Å². The average molecular weight is 305 g/mol. The Labute approximate surface area is 109 Å². The van der Waals surface area contributed by atoms with E-state index in [0.29, 0.717) is 11.2 Å². The van der Waals surface area contributed by atoms with E-state index in [1.54, 1.807) is 0 Å². The van der Waals surface area contributed by atoms with Gasteiger partial charge in [-0.15, -0.1) is 0 Å². The lowest BCUT2D eigenvalue weighted by Gasteiger charge is -2.35. The second kappa shape index (κ2) is 5.45. The number of hydrogen-bond acceptors (Lipinski definition) is 3. The molecule has 2 heterocycles. The van der Waals surface area contributed by atoms with E-state index in [2.05, 4.69) is 37.4 Å². The summed E-state index contributed by atoms with van der Waals surface area (Å²) in [5.74, 6) is 0. The molecule has 3 nitrogen and oxygen atoms in total. The van der Waals surface area contributed by atoms with E-state index in [1.807, 2.05) is 13.2 Å². The summed E-state index contributed by atoms with van der Waals surface area (Å²) < 4.78 is 0.869. The van der Waals surface area contributed by atoms with Crippen molar-refractivity contribution >= 4 is 27.5 Å². The van der Waals surface area contributed by atoms with Gasteiger partial charge < -0.3 is 0 Å². The van der Waals surface area contributed by atoms with Crippen molar-refractivity contribution in [3.8, 4) is 0 Å². The molecule has 1 N–H and O–H groups in total. The molecule has 1 aromatic rings. The van der Waals surface area contributed by atoms with E-state index in [-0.39, 0.29) is 0 Å². The van der Waals surface area contributed by atoms with Gasteiger partial charge in [0.05, 0.1) is 10.5 Å². The monoisotopic (exact) mass is 303 g/mol. The van der Waals surface area contributed by atoms with Crippen molar-refractivity contribution in [3.05, 3.63) is 27.5 Å². The molecule has 88 valence electrons. The molecule has 1 saturated heterocycles. The number of hydrazine groups is 1. The molecule has 1 aliphatic heterocycles. The third kappa shape index (κ3) is 2.56. The topological polar surface area (TPSA) is 28.2 Å². The summed E-state index contributed by atoms with van der Waals surface area (Å²) >= 11 is 9.32. The van der Waals surface area contributed by atoms with Crippen LogP contribution in [0.5, 0.6) is 0 Å². The molecular formula is C11H15BrClN3. The highest BCUT2D eigenvalue weighted by Gasteiger charge is 2.23. The van der Waals surface area contributed by atoms with Crippen LogP contribution in [0.25, 0.3) is 0 Å². The van der Waals surface area contributed by atoms with E-state index < -0.39 is 0 Å². The number of nitrogens with zero attached hydrogens (tertiary/aromatic N) is 2. The molecule has 1 fully saturated rings. The van der Waals surface area contributed by atoms with E-state index in [9.17, 15) is 0 Å². The second-order valence-corrected chi connectivity index (χ2v) is 5.18. The quantitative estimate of drug-likeness (QED) is 0.851. The normalized spacial score (nSPS) is 22.3. The lowest BCUT2D eigenvalue weighted by atomic mass is 9.98. The summed E-state index contributed by atoms with van der Waals surface area (Å²) in [6.07, 6.45) is 5.55.